The highest BCUT2D eigenvalue weighted by atomic mass is 19.4. The summed E-state index contributed by atoms with van der Waals surface area (Å²) in [6.07, 6.45) is -3.62. The Morgan fingerprint density at radius 3 is 2.46 bits per heavy atom. The Bertz CT molecular complexity index is 270. The highest BCUT2D eigenvalue weighted by Crippen LogP contribution is 2.20. The molecule has 1 heterocycles. The number of rotatable bonds is 2. The largest absolute Gasteiger partial charge is 0.574 e. The summed E-state index contributed by atoms with van der Waals surface area (Å²) in [5.41, 5.74) is 0.425. The Kier molecular flexibility index (Phi) is 2.72. The highest BCUT2D eigenvalue weighted by Gasteiger charge is 2.31. The third-order valence-corrected chi connectivity index (χ3v) is 1.20. The first kappa shape index (κ1) is 9.79. The minimum absolute atomic E-state index is 0.265. The maximum atomic E-state index is 11.6. The average molecular weight is 193 g/mol. The monoisotopic (exact) mass is 193 g/mol. The zero-order valence-corrected chi connectivity index (χ0v) is 6.38. The summed E-state index contributed by atoms with van der Waals surface area (Å²) < 4.78 is 38.3. The van der Waals surface area contributed by atoms with E-state index in [-0.39, 0.29) is 6.61 Å². The second-order valence-corrected chi connectivity index (χ2v) is 2.21. The minimum atomic E-state index is -4.73. The van der Waals surface area contributed by atoms with Crippen molar-refractivity contribution in [2.24, 2.45) is 0 Å². The summed E-state index contributed by atoms with van der Waals surface area (Å²) in [5, 5.41) is 8.56. The van der Waals surface area contributed by atoms with Crippen molar-refractivity contribution < 1.29 is 23.0 Å². The molecule has 1 N–H and O–H groups in total. The van der Waals surface area contributed by atoms with Crippen molar-refractivity contribution >= 4 is 0 Å². The van der Waals surface area contributed by atoms with Gasteiger partial charge in [-0.25, -0.2) is 4.98 Å². The van der Waals surface area contributed by atoms with E-state index < -0.39 is 12.2 Å². The van der Waals surface area contributed by atoms with E-state index >= 15 is 0 Å². The maximum Gasteiger partial charge on any atom is 0.574 e. The van der Waals surface area contributed by atoms with Crippen LogP contribution in [0.4, 0.5) is 13.2 Å². The molecule has 72 valence electrons. The van der Waals surface area contributed by atoms with Gasteiger partial charge in [0.1, 0.15) is 0 Å². The van der Waals surface area contributed by atoms with Crippen molar-refractivity contribution in [1.29, 1.82) is 0 Å². The van der Waals surface area contributed by atoms with Crippen molar-refractivity contribution in [1.82, 2.24) is 4.98 Å². The summed E-state index contributed by atoms with van der Waals surface area (Å²) in [6.45, 7) is -0.265. The SMILES string of the molecule is OCc1ccc(OC(F)(F)F)nc1. The number of alkyl halides is 3. The van der Waals surface area contributed by atoms with Crippen molar-refractivity contribution in [3.63, 3.8) is 0 Å². The van der Waals surface area contributed by atoms with E-state index in [0.29, 0.717) is 5.56 Å². The number of ether oxygens (including phenoxy) is 1. The second-order valence-electron chi connectivity index (χ2n) is 2.21. The summed E-state index contributed by atoms with van der Waals surface area (Å²) >= 11 is 0. The van der Waals surface area contributed by atoms with Gasteiger partial charge in [-0.1, -0.05) is 0 Å². The molecule has 0 atom stereocenters. The minimum Gasteiger partial charge on any atom is -0.392 e. The van der Waals surface area contributed by atoms with Gasteiger partial charge < -0.3 is 9.84 Å². The van der Waals surface area contributed by atoms with Crippen LogP contribution in [-0.4, -0.2) is 16.5 Å². The molecular weight excluding hydrogens is 187 g/mol. The van der Waals surface area contributed by atoms with Gasteiger partial charge in [0.05, 0.1) is 6.61 Å². The fraction of sp³-hybridized carbons (Fsp3) is 0.286. The summed E-state index contributed by atoms with van der Waals surface area (Å²) in [7, 11) is 0. The quantitative estimate of drug-likeness (QED) is 0.773. The molecule has 0 bridgehead atoms. The molecule has 1 rings (SSSR count). The molecule has 0 aliphatic heterocycles. The van der Waals surface area contributed by atoms with Crippen LogP contribution in [0.2, 0.25) is 0 Å². The Balaban J connectivity index is 2.70. The van der Waals surface area contributed by atoms with E-state index in [0.717, 1.165) is 12.3 Å². The Hall–Kier alpha value is -1.30. The van der Waals surface area contributed by atoms with Crippen LogP contribution in [-0.2, 0) is 6.61 Å². The molecule has 0 aliphatic rings. The van der Waals surface area contributed by atoms with E-state index in [9.17, 15) is 13.2 Å². The normalized spacial score (nSPS) is 11.4. The van der Waals surface area contributed by atoms with Crippen molar-refractivity contribution in [2.45, 2.75) is 13.0 Å². The third-order valence-electron chi connectivity index (χ3n) is 1.20. The van der Waals surface area contributed by atoms with Crippen LogP contribution in [0.1, 0.15) is 5.56 Å². The van der Waals surface area contributed by atoms with Gasteiger partial charge in [0.25, 0.3) is 0 Å². The molecule has 6 heteroatoms. The van der Waals surface area contributed by atoms with Crippen LogP contribution < -0.4 is 4.74 Å². The standard InChI is InChI=1S/C7H6F3NO2/c8-7(9,10)13-6-2-1-5(4-12)3-11-6/h1-3,12H,4H2. The molecule has 0 saturated heterocycles. The van der Waals surface area contributed by atoms with Crippen LogP contribution in [0.15, 0.2) is 18.3 Å². The van der Waals surface area contributed by atoms with Crippen LogP contribution in [0.3, 0.4) is 0 Å². The molecule has 0 fully saturated rings. The van der Waals surface area contributed by atoms with Gasteiger partial charge in [-0.2, -0.15) is 0 Å². The van der Waals surface area contributed by atoms with Crippen LogP contribution in [0.5, 0.6) is 5.88 Å². The molecule has 0 saturated carbocycles. The van der Waals surface area contributed by atoms with Gasteiger partial charge in [-0.3, -0.25) is 0 Å². The molecule has 3 nitrogen and oxygen atoms in total. The molecule has 0 unspecified atom stereocenters. The van der Waals surface area contributed by atoms with Gasteiger partial charge >= 0.3 is 6.36 Å². The van der Waals surface area contributed by atoms with E-state index in [4.69, 9.17) is 5.11 Å². The molecule has 0 amide bonds. The van der Waals surface area contributed by atoms with Crippen LogP contribution in [0, 0.1) is 0 Å². The highest BCUT2D eigenvalue weighted by molar-refractivity contribution is 5.17. The lowest BCUT2D eigenvalue weighted by Gasteiger charge is -2.07. The summed E-state index contributed by atoms with van der Waals surface area (Å²) in [5.74, 6) is -0.537. The molecule has 13 heavy (non-hydrogen) atoms. The predicted octanol–water partition coefficient (Wildman–Crippen LogP) is 1.47. The first-order valence-corrected chi connectivity index (χ1v) is 3.33. The number of aliphatic hydroxyl groups excluding tert-OH is 1. The topological polar surface area (TPSA) is 42.4 Å². The average Bonchev–Trinajstić information content (AvgIpc) is 2.03. The fourth-order valence-corrected chi connectivity index (χ4v) is 0.683. The van der Waals surface area contributed by atoms with Crippen molar-refractivity contribution in [3.8, 4) is 5.88 Å². The Morgan fingerprint density at radius 1 is 1.38 bits per heavy atom. The lowest BCUT2D eigenvalue weighted by atomic mass is 10.3. The van der Waals surface area contributed by atoms with Gasteiger partial charge in [-0.15, -0.1) is 13.2 Å². The molecule has 0 radical (unpaired) electrons. The number of hydrogen-bond acceptors (Lipinski definition) is 3. The maximum absolute atomic E-state index is 11.6. The van der Waals surface area contributed by atoms with Crippen LogP contribution in [0.25, 0.3) is 0 Å². The molecular formula is C7H6F3NO2. The van der Waals surface area contributed by atoms with E-state index in [1.54, 1.807) is 0 Å². The number of pyridine rings is 1. The van der Waals surface area contributed by atoms with Crippen LogP contribution >= 0.6 is 0 Å². The lowest BCUT2D eigenvalue weighted by molar-refractivity contribution is -0.276. The number of aromatic nitrogens is 1. The van der Waals surface area contributed by atoms with E-state index in [1.165, 1.54) is 6.07 Å². The number of hydrogen-bond donors (Lipinski definition) is 1. The first-order valence-electron chi connectivity index (χ1n) is 3.33. The Morgan fingerprint density at radius 2 is 2.08 bits per heavy atom. The molecule has 1 aromatic heterocycles. The molecule has 0 aliphatic carbocycles. The van der Waals surface area contributed by atoms with Gasteiger partial charge in [-0.05, 0) is 11.6 Å². The zero-order valence-electron chi connectivity index (χ0n) is 6.38. The van der Waals surface area contributed by atoms with Gasteiger partial charge in [0.2, 0.25) is 5.88 Å². The van der Waals surface area contributed by atoms with Gasteiger partial charge in [0.15, 0.2) is 0 Å². The smallest absolute Gasteiger partial charge is 0.392 e. The van der Waals surface area contributed by atoms with E-state index in [2.05, 4.69) is 9.72 Å². The lowest BCUT2D eigenvalue weighted by Crippen LogP contribution is -2.17. The van der Waals surface area contributed by atoms with Crippen molar-refractivity contribution in [2.75, 3.05) is 0 Å². The molecule has 1 aromatic rings. The predicted molar refractivity (Wildman–Crippen MR) is 36.8 cm³/mol. The second kappa shape index (κ2) is 3.61. The third kappa shape index (κ3) is 3.29. The van der Waals surface area contributed by atoms with E-state index in [1.807, 2.05) is 0 Å². The molecule has 0 spiro atoms. The fourth-order valence-electron chi connectivity index (χ4n) is 0.683. The van der Waals surface area contributed by atoms with Crippen molar-refractivity contribution in [3.05, 3.63) is 23.9 Å². The summed E-state index contributed by atoms with van der Waals surface area (Å²) in [4.78, 5) is 3.33. The first-order chi connectivity index (χ1) is 6.01. The number of halogens is 3. The number of aliphatic hydroxyl groups is 1. The zero-order chi connectivity index (χ0) is 9.90. The Labute approximate surface area is 71.8 Å². The summed E-state index contributed by atoms with van der Waals surface area (Å²) in [6, 6.07) is 2.34. The number of nitrogens with zero attached hydrogens (tertiary/aromatic N) is 1. The van der Waals surface area contributed by atoms with Gasteiger partial charge in [0, 0.05) is 12.3 Å². The molecule has 0 aromatic carbocycles.